The summed E-state index contributed by atoms with van der Waals surface area (Å²) >= 11 is 4.87. The number of ketones is 1. The third kappa shape index (κ3) is 5.27. The lowest BCUT2D eigenvalue weighted by molar-refractivity contribution is -0.114. The minimum Gasteiger partial charge on any atom is -0.496 e. The molecule has 0 N–H and O–H groups in total. The van der Waals surface area contributed by atoms with Crippen molar-refractivity contribution in [2.45, 2.75) is 26.5 Å². The van der Waals surface area contributed by atoms with E-state index >= 15 is 0 Å². The second-order valence-electron chi connectivity index (χ2n) is 10.3. The molecule has 1 aromatic heterocycles. The van der Waals surface area contributed by atoms with Gasteiger partial charge >= 0.3 is 0 Å². The van der Waals surface area contributed by atoms with Crippen LogP contribution in [0, 0.1) is 11.3 Å². The third-order valence-electron chi connectivity index (χ3n) is 7.60. The van der Waals surface area contributed by atoms with Gasteiger partial charge in [0.25, 0.3) is 5.56 Å². The van der Waals surface area contributed by atoms with Crippen molar-refractivity contribution in [1.82, 2.24) is 4.57 Å². The van der Waals surface area contributed by atoms with E-state index in [-0.39, 0.29) is 17.9 Å². The Morgan fingerprint density at radius 1 is 1.09 bits per heavy atom. The van der Waals surface area contributed by atoms with Crippen molar-refractivity contribution in [2.75, 3.05) is 7.11 Å². The normalized spacial score (nSPS) is 14.6. The number of allylic oxidation sites excluding steroid dienone is 2. The lowest BCUT2D eigenvalue weighted by Crippen LogP contribution is -2.39. The van der Waals surface area contributed by atoms with Gasteiger partial charge in [0.2, 0.25) is 0 Å². The Morgan fingerprint density at radius 3 is 2.59 bits per heavy atom. The number of carbonyl (C=O) groups is 1. The highest BCUT2D eigenvalue weighted by Gasteiger charge is 2.33. The number of fused-ring (bicyclic) bond motifs is 2. The summed E-state index contributed by atoms with van der Waals surface area (Å²) in [4.78, 5) is 32.4. The zero-order valence-electron chi connectivity index (χ0n) is 24.1. The summed E-state index contributed by atoms with van der Waals surface area (Å²) in [5.41, 5.74) is 3.69. The van der Waals surface area contributed by atoms with Crippen LogP contribution in [0.2, 0.25) is 0 Å². The predicted molar refractivity (Wildman–Crippen MR) is 175 cm³/mol. The van der Waals surface area contributed by atoms with Crippen molar-refractivity contribution in [3.63, 3.8) is 0 Å². The standard InChI is InChI=1S/C35H26BrN3O4S/c1-20-31(21(2)40)33(32-26-11-7-6-8-23(26)13-15-29(32)42-3)39-34(41)30(44-35(39)38-20)17-22-12-14-28(27(36)16-22)43-19-25-10-5-4-9-24(25)18-37/h4-17,33H,19H2,1-3H3. The topological polar surface area (TPSA) is 93.7 Å². The van der Waals surface area contributed by atoms with Gasteiger partial charge in [0.15, 0.2) is 10.6 Å². The lowest BCUT2D eigenvalue weighted by Gasteiger charge is -2.27. The molecule has 44 heavy (non-hydrogen) atoms. The minimum atomic E-state index is -0.703. The molecule has 1 unspecified atom stereocenters. The van der Waals surface area contributed by atoms with Gasteiger partial charge in [-0.25, -0.2) is 4.99 Å². The molecule has 6 rings (SSSR count). The molecule has 1 aliphatic heterocycles. The highest BCUT2D eigenvalue weighted by molar-refractivity contribution is 9.10. The number of methoxy groups -OCH3 is 1. The van der Waals surface area contributed by atoms with Gasteiger partial charge in [0, 0.05) is 22.4 Å². The molecule has 1 aliphatic rings. The molecule has 4 aromatic carbocycles. The molecule has 1 atom stereocenters. The number of hydrogen-bond donors (Lipinski definition) is 0. The van der Waals surface area contributed by atoms with E-state index in [9.17, 15) is 14.9 Å². The maximum absolute atomic E-state index is 14.1. The van der Waals surface area contributed by atoms with Gasteiger partial charge in [0.05, 0.1) is 33.8 Å². The van der Waals surface area contributed by atoms with Crippen LogP contribution in [0.4, 0.5) is 0 Å². The quantitative estimate of drug-likeness (QED) is 0.207. The fourth-order valence-electron chi connectivity index (χ4n) is 5.57. The van der Waals surface area contributed by atoms with Crippen LogP contribution in [0.3, 0.4) is 0 Å². The van der Waals surface area contributed by atoms with Crippen molar-refractivity contribution in [3.8, 4) is 17.6 Å². The summed E-state index contributed by atoms with van der Waals surface area (Å²) in [6, 6.07) is 26.1. The van der Waals surface area contributed by atoms with Crippen molar-refractivity contribution in [1.29, 1.82) is 5.26 Å². The van der Waals surface area contributed by atoms with Crippen LogP contribution in [-0.2, 0) is 11.4 Å². The van der Waals surface area contributed by atoms with Crippen LogP contribution in [0.5, 0.6) is 11.5 Å². The summed E-state index contributed by atoms with van der Waals surface area (Å²) in [5, 5.41) is 11.2. The van der Waals surface area contributed by atoms with Gasteiger partial charge < -0.3 is 9.47 Å². The molecule has 0 amide bonds. The number of ether oxygens (including phenoxy) is 2. The average molecular weight is 665 g/mol. The van der Waals surface area contributed by atoms with E-state index in [1.165, 1.54) is 18.3 Å². The van der Waals surface area contributed by atoms with Crippen LogP contribution in [0.25, 0.3) is 16.8 Å². The largest absolute Gasteiger partial charge is 0.496 e. The first-order chi connectivity index (χ1) is 21.3. The molecule has 0 aliphatic carbocycles. The van der Waals surface area contributed by atoms with Crippen LogP contribution in [0.1, 0.15) is 42.1 Å². The summed E-state index contributed by atoms with van der Waals surface area (Å²) in [6.45, 7) is 3.56. The van der Waals surface area contributed by atoms with Gasteiger partial charge in [-0.15, -0.1) is 0 Å². The van der Waals surface area contributed by atoms with Gasteiger partial charge in [-0.05, 0) is 76.5 Å². The second kappa shape index (κ2) is 12.1. The maximum atomic E-state index is 14.1. The number of benzene rings is 4. The van der Waals surface area contributed by atoms with Crippen LogP contribution < -0.4 is 24.4 Å². The first-order valence-electron chi connectivity index (χ1n) is 13.8. The second-order valence-corrected chi connectivity index (χ2v) is 12.2. The Balaban J connectivity index is 1.44. The number of hydrogen-bond acceptors (Lipinski definition) is 7. The Kier molecular flexibility index (Phi) is 8.04. The Morgan fingerprint density at radius 2 is 1.84 bits per heavy atom. The third-order valence-corrected chi connectivity index (χ3v) is 9.20. The van der Waals surface area contributed by atoms with Crippen LogP contribution in [-0.4, -0.2) is 17.5 Å². The Hall–Kier alpha value is -4.78. The zero-order chi connectivity index (χ0) is 31.0. The zero-order valence-corrected chi connectivity index (χ0v) is 26.5. The van der Waals surface area contributed by atoms with E-state index in [2.05, 4.69) is 22.0 Å². The molecule has 9 heteroatoms. The predicted octanol–water partition coefficient (Wildman–Crippen LogP) is 6.20. The highest BCUT2D eigenvalue weighted by atomic mass is 79.9. The van der Waals surface area contributed by atoms with Crippen molar-refractivity contribution < 1.29 is 14.3 Å². The lowest BCUT2D eigenvalue weighted by atomic mass is 9.89. The van der Waals surface area contributed by atoms with Gasteiger partial charge in [-0.2, -0.15) is 5.26 Å². The Bertz CT molecular complexity index is 2230. The fourth-order valence-corrected chi connectivity index (χ4v) is 7.12. The van der Waals surface area contributed by atoms with Crippen molar-refractivity contribution in [3.05, 3.63) is 137 Å². The number of thiazole rings is 1. The molecule has 7 nitrogen and oxygen atoms in total. The number of rotatable bonds is 7. The fraction of sp³-hybridized carbons (Fsp3) is 0.143. The van der Waals surface area contributed by atoms with Crippen LogP contribution in [0.15, 0.2) is 104 Å². The van der Waals surface area contributed by atoms with Gasteiger partial charge in [-0.1, -0.05) is 65.9 Å². The number of Topliss-reactive ketones (excluding diaryl/α,β-unsaturated/α-hetero) is 1. The van der Waals surface area contributed by atoms with Gasteiger partial charge in [-0.3, -0.25) is 14.2 Å². The van der Waals surface area contributed by atoms with E-state index in [1.807, 2.05) is 85.8 Å². The molecule has 0 saturated carbocycles. The highest BCUT2D eigenvalue weighted by Crippen LogP contribution is 2.40. The monoisotopic (exact) mass is 663 g/mol. The van der Waals surface area contributed by atoms with Gasteiger partial charge in [0.1, 0.15) is 18.1 Å². The summed E-state index contributed by atoms with van der Waals surface area (Å²) in [6.07, 6.45) is 1.81. The van der Waals surface area contributed by atoms with Crippen LogP contribution >= 0.6 is 27.3 Å². The molecule has 0 spiro atoms. The number of carbonyl (C=O) groups excluding carboxylic acids is 1. The van der Waals surface area contributed by atoms with E-state index < -0.39 is 6.04 Å². The molecular weight excluding hydrogens is 638 g/mol. The van der Waals surface area contributed by atoms with E-state index in [1.54, 1.807) is 17.7 Å². The van der Waals surface area contributed by atoms with E-state index in [0.29, 0.717) is 42.1 Å². The first-order valence-corrected chi connectivity index (χ1v) is 15.4. The summed E-state index contributed by atoms with van der Waals surface area (Å²) in [5.74, 6) is 1.05. The molecule has 0 radical (unpaired) electrons. The Labute approximate surface area is 265 Å². The minimum absolute atomic E-state index is 0.155. The maximum Gasteiger partial charge on any atom is 0.271 e. The molecule has 0 bridgehead atoms. The summed E-state index contributed by atoms with van der Waals surface area (Å²) in [7, 11) is 1.59. The number of nitrogens with zero attached hydrogens (tertiary/aromatic N) is 3. The smallest absolute Gasteiger partial charge is 0.271 e. The number of halogens is 1. The van der Waals surface area contributed by atoms with E-state index in [4.69, 9.17) is 14.5 Å². The number of nitriles is 1. The molecular formula is C35H26BrN3O4S. The molecule has 0 saturated heterocycles. The average Bonchev–Trinajstić information content (AvgIpc) is 3.33. The number of aromatic nitrogens is 1. The molecule has 0 fully saturated rings. The molecule has 5 aromatic rings. The summed E-state index contributed by atoms with van der Waals surface area (Å²) < 4.78 is 14.6. The molecule has 2 heterocycles. The van der Waals surface area contributed by atoms with Crippen molar-refractivity contribution in [2.24, 2.45) is 4.99 Å². The molecule has 218 valence electrons. The SMILES string of the molecule is COc1ccc2ccccc2c1C1C(C(C)=O)=C(C)N=c2sc(=Cc3ccc(OCc4ccccc4C#N)c(Br)c3)c(=O)n21. The van der Waals surface area contributed by atoms with E-state index in [0.717, 1.165) is 27.5 Å². The van der Waals surface area contributed by atoms with Crippen molar-refractivity contribution >= 4 is 49.9 Å². The first kappa shape index (κ1) is 29.3.